The van der Waals surface area contributed by atoms with E-state index in [2.05, 4.69) is 16.0 Å². The number of likely N-dealkylation sites (tertiary alicyclic amines) is 1. The molecule has 40 heavy (non-hydrogen) atoms. The van der Waals surface area contributed by atoms with Gasteiger partial charge in [-0.1, -0.05) is 0 Å². The van der Waals surface area contributed by atoms with Crippen LogP contribution in [0.3, 0.4) is 0 Å². The van der Waals surface area contributed by atoms with Gasteiger partial charge in [0.2, 0.25) is 5.88 Å². The number of carbonyl (C=O) groups excluding carboxylic acids is 1. The minimum Gasteiger partial charge on any atom is -0.469 e. The number of carbonyl (C=O) groups is 1. The highest BCUT2D eigenvalue weighted by atomic mass is 19.1. The molecule has 11 heteroatoms. The number of ether oxygens (including phenoxy) is 2. The van der Waals surface area contributed by atoms with Crippen molar-refractivity contribution in [2.75, 3.05) is 13.1 Å². The second kappa shape index (κ2) is 10.6. The molecule has 0 aromatic carbocycles. The zero-order valence-electron chi connectivity index (χ0n) is 23.3. The lowest BCUT2D eigenvalue weighted by Gasteiger charge is -2.33. The normalized spacial score (nSPS) is 15.2. The fraction of sp³-hybridized carbons (Fsp3) is 0.414. The topological polar surface area (TPSA) is 111 Å². The van der Waals surface area contributed by atoms with Crippen molar-refractivity contribution >= 4 is 11.7 Å². The van der Waals surface area contributed by atoms with Crippen LogP contribution in [0.25, 0.3) is 16.8 Å². The summed E-state index contributed by atoms with van der Waals surface area (Å²) in [4.78, 5) is 22.8. The van der Waals surface area contributed by atoms with Gasteiger partial charge in [0.15, 0.2) is 0 Å². The highest BCUT2D eigenvalue weighted by Gasteiger charge is 2.29. The number of nitrogens with zero attached hydrogens (tertiary/aromatic N) is 7. The predicted molar refractivity (Wildman–Crippen MR) is 145 cm³/mol. The molecule has 0 saturated carbocycles. The lowest BCUT2D eigenvalue weighted by molar-refractivity contribution is 0.0184. The number of pyridine rings is 2. The average molecular weight is 546 g/mol. The molecule has 5 rings (SSSR count). The number of nitriles is 1. The first kappa shape index (κ1) is 27.1. The molecule has 0 unspecified atom stereocenters. The Bertz CT molecular complexity index is 1570. The fourth-order valence-electron chi connectivity index (χ4n) is 4.96. The van der Waals surface area contributed by atoms with Crippen molar-refractivity contribution in [2.45, 2.75) is 65.2 Å². The molecule has 10 nitrogen and oxygen atoms in total. The third-order valence-corrected chi connectivity index (χ3v) is 6.97. The van der Waals surface area contributed by atoms with E-state index in [1.165, 1.54) is 12.3 Å². The summed E-state index contributed by atoms with van der Waals surface area (Å²) in [5.74, 6) is -0.0114. The van der Waals surface area contributed by atoms with Gasteiger partial charge in [-0.2, -0.15) is 10.4 Å². The summed E-state index contributed by atoms with van der Waals surface area (Å²) in [6.07, 6.45) is 5.21. The van der Waals surface area contributed by atoms with Crippen molar-refractivity contribution in [1.29, 1.82) is 5.26 Å². The molecule has 208 valence electrons. The molecule has 5 heterocycles. The van der Waals surface area contributed by atoms with Gasteiger partial charge in [0, 0.05) is 30.4 Å². The van der Waals surface area contributed by atoms with Crippen molar-refractivity contribution in [3.8, 4) is 23.1 Å². The van der Waals surface area contributed by atoms with Crippen molar-refractivity contribution in [3.05, 3.63) is 65.8 Å². The second-order valence-corrected chi connectivity index (χ2v) is 11.0. The van der Waals surface area contributed by atoms with Gasteiger partial charge in [0.25, 0.3) is 0 Å². The molecule has 1 atom stereocenters. The first-order chi connectivity index (χ1) is 19.0. The van der Waals surface area contributed by atoms with Crippen LogP contribution in [0.15, 0.2) is 42.9 Å². The summed E-state index contributed by atoms with van der Waals surface area (Å²) in [6, 6.07) is 8.96. The monoisotopic (exact) mass is 545 g/mol. The van der Waals surface area contributed by atoms with Crippen LogP contribution in [0.5, 0.6) is 5.88 Å². The van der Waals surface area contributed by atoms with Crippen molar-refractivity contribution in [3.63, 3.8) is 0 Å². The van der Waals surface area contributed by atoms with Crippen LogP contribution in [0, 0.1) is 24.1 Å². The summed E-state index contributed by atoms with van der Waals surface area (Å²) < 4.78 is 28.8. The van der Waals surface area contributed by atoms with Gasteiger partial charge in [0.05, 0.1) is 30.3 Å². The van der Waals surface area contributed by atoms with E-state index in [4.69, 9.17) is 14.6 Å². The van der Waals surface area contributed by atoms with E-state index in [1.807, 2.05) is 57.6 Å². The first-order valence-corrected chi connectivity index (χ1v) is 13.3. The summed E-state index contributed by atoms with van der Waals surface area (Å²) >= 11 is 0. The third-order valence-electron chi connectivity index (χ3n) is 6.97. The Balaban J connectivity index is 1.41. The molecule has 1 saturated heterocycles. The number of rotatable bonds is 5. The van der Waals surface area contributed by atoms with Gasteiger partial charge >= 0.3 is 6.09 Å². The molecule has 0 bridgehead atoms. The molecule has 0 spiro atoms. The largest absolute Gasteiger partial charge is 0.469 e. The maximum atomic E-state index is 13.4. The van der Waals surface area contributed by atoms with E-state index in [-0.39, 0.29) is 12.1 Å². The van der Waals surface area contributed by atoms with E-state index >= 15 is 0 Å². The van der Waals surface area contributed by atoms with Crippen LogP contribution in [0.2, 0.25) is 0 Å². The van der Waals surface area contributed by atoms with Crippen LogP contribution in [-0.2, 0) is 4.74 Å². The SMILES string of the molecule is Cc1c(-c2cc(O[C@H](C)c3ccc(F)cn3)n3c(C#N)cnc3c2)cnn1C1CCN(C(=O)OC(C)(C)C)CC1. The molecule has 0 aliphatic carbocycles. The number of hydrogen-bond acceptors (Lipinski definition) is 7. The fourth-order valence-corrected chi connectivity index (χ4v) is 4.96. The van der Waals surface area contributed by atoms with Gasteiger partial charge < -0.3 is 14.4 Å². The Kier molecular flexibility index (Phi) is 7.19. The smallest absolute Gasteiger partial charge is 0.410 e. The summed E-state index contributed by atoms with van der Waals surface area (Å²) in [7, 11) is 0. The Morgan fingerprint density at radius 2 is 1.90 bits per heavy atom. The highest BCUT2D eigenvalue weighted by Crippen LogP contribution is 2.34. The van der Waals surface area contributed by atoms with Gasteiger partial charge in [-0.25, -0.2) is 14.2 Å². The molecule has 1 aliphatic heterocycles. The Hall–Kier alpha value is -4.46. The standard InChI is InChI=1S/C29H32FN7O3/c1-18-24(17-34-37(18)22-8-10-35(11-9-22)28(38)40-29(3,4)5)20-12-26-33-16-23(14-31)36(26)27(13-20)39-19(2)25-7-6-21(30)15-32-25/h6-7,12-13,15-17,19,22H,8-11H2,1-5H3/t19-/m1/s1. The number of hydrogen-bond donors (Lipinski definition) is 0. The van der Waals surface area contributed by atoms with Crippen LogP contribution in [-0.4, -0.2) is 53.8 Å². The number of piperidine rings is 1. The minimum absolute atomic E-state index is 0.146. The van der Waals surface area contributed by atoms with Crippen LogP contribution >= 0.6 is 0 Å². The predicted octanol–water partition coefficient (Wildman–Crippen LogP) is 5.62. The highest BCUT2D eigenvalue weighted by molar-refractivity contribution is 5.71. The quantitative estimate of drug-likeness (QED) is 0.320. The summed E-state index contributed by atoms with van der Waals surface area (Å²) in [5, 5.41) is 14.4. The lowest BCUT2D eigenvalue weighted by Crippen LogP contribution is -2.42. The number of halogens is 1. The van der Waals surface area contributed by atoms with Crippen LogP contribution < -0.4 is 4.74 Å². The average Bonchev–Trinajstić information content (AvgIpc) is 3.51. The van der Waals surface area contributed by atoms with Gasteiger partial charge in [-0.3, -0.25) is 14.1 Å². The molecule has 0 N–H and O–H groups in total. The van der Waals surface area contributed by atoms with Crippen molar-refractivity contribution in [1.82, 2.24) is 29.0 Å². The van der Waals surface area contributed by atoms with E-state index in [1.54, 1.807) is 15.4 Å². The lowest BCUT2D eigenvalue weighted by atomic mass is 10.0. The van der Waals surface area contributed by atoms with Gasteiger partial charge in [-0.05, 0) is 71.2 Å². The summed E-state index contributed by atoms with van der Waals surface area (Å²) in [6.45, 7) is 10.6. The second-order valence-electron chi connectivity index (χ2n) is 11.0. The minimum atomic E-state index is -0.527. The number of amides is 1. The third kappa shape index (κ3) is 5.47. The van der Waals surface area contributed by atoms with E-state index in [0.29, 0.717) is 36.0 Å². The molecule has 4 aromatic heterocycles. The Labute approximate surface area is 232 Å². The van der Waals surface area contributed by atoms with Crippen molar-refractivity contribution in [2.24, 2.45) is 0 Å². The molecule has 1 fully saturated rings. The van der Waals surface area contributed by atoms with Crippen LogP contribution in [0.4, 0.5) is 9.18 Å². The van der Waals surface area contributed by atoms with Gasteiger partial charge in [0.1, 0.15) is 34.9 Å². The van der Waals surface area contributed by atoms with E-state index < -0.39 is 17.5 Å². The summed E-state index contributed by atoms with van der Waals surface area (Å²) in [5.41, 5.74) is 3.65. The zero-order valence-corrected chi connectivity index (χ0v) is 23.3. The number of imidazole rings is 1. The molecular weight excluding hydrogens is 513 g/mol. The Morgan fingerprint density at radius 1 is 1.15 bits per heavy atom. The number of aromatic nitrogens is 5. The van der Waals surface area contributed by atoms with E-state index in [9.17, 15) is 14.4 Å². The maximum absolute atomic E-state index is 13.4. The van der Waals surface area contributed by atoms with Crippen molar-refractivity contribution < 1.29 is 18.7 Å². The van der Waals surface area contributed by atoms with Crippen LogP contribution in [0.1, 0.15) is 69.8 Å². The molecule has 1 aliphatic rings. The molecule has 1 amide bonds. The first-order valence-electron chi connectivity index (χ1n) is 13.3. The zero-order chi connectivity index (χ0) is 28.6. The van der Waals surface area contributed by atoms with E-state index in [0.717, 1.165) is 35.9 Å². The number of fused-ring (bicyclic) bond motifs is 1. The Morgan fingerprint density at radius 3 is 2.55 bits per heavy atom. The molecule has 0 radical (unpaired) electrons. The molecule has 4 aromatic rings. The maximum Gasteiger partial charge on any atom is 0.410 e. The van der Waals surface area contributed by atoms with Gasteiger partial charge in [-0.15, -0.1) is 0 Å². The molecular formula is C29H32FN7O3.